The lowest BCUT2D eigenvalue weighted by molar-refractivity contribution is -0.697. The van der Waals surface area contributed by atoms with Gasteiger partial charge >= 0.3 is 0 Å². The van der Waals surface area contributed by atoms with E-state index < -0.39 is 0 Å². The SMILES string of the molecule is C[n+]1ccc(-c2c3nc(c(-c4cc[n+](C)cc4)c4ccc([nH]4)c(-c4cc[n+](CCCCC(=O)NCCCNCCCCNCCCN)cc4)c4ccc([nH]4)c(-c4cc[n+](C)cc4)c4nc2C=C4)C=C3)cc1.[Cl-].[Cl-].[Cl-].[Cl-]. The molecule has 75 heavy (non-hydrogen) atoms. The van der Waals surface area contributed by atoms with Crippen LogP contribution in [0.5, 0.6) is 0 Å². The second-order valence-electron chi connectivity index (χ2n) is 18.6. The molecule has 0 saturated carbocycles. The second kappa shape index (κ2) is 29.1. The van der Waals surface area contributed by atoms with Gasteiger partial charge in [0.05, 0.1) is 22.8 Å². The molecule has 0 atom stereocenters. The van der Waals surface area contributed by atoms with Crippen LogP contribution in [0.3, 0.4) is 0 Å². The molecular weight excluding hydrogens is 1020 g/mol. The van der Waals surface area contributed by atoms with Crippen LogP contribution in [0.1, 0.15) is 67.7 Å². The van der Waals surface area contributed by atoms with Crippen molar-refractivity contribution in [1.29, 1.82) is 0 Å². The third-order valence-electron chi connectivity index (χ3n) is 13.2. The number of hydrogen-bond acceptors (Lipinski definition) is 6. The molecule has 9 rings (SSSR count). The molecule has 7 aromatic rings. The number of nitrogens with one attached hydrogen (secondary N) is 5. The molecule has 0 unspecified atom stereocenters. The highest BCUT2D eigenvalue weighted by atomic mass is 35.5. The van der Waals surface area contributed by atoms with E-state index in [1.165, 1.54) is 0 Å². The van der Waals surface area contributed by atoms with Crippen LogP contribution in [0.2, 0.25) is 0 Å². The second-order valence-corrected chi connectivity index (χ2v) is 18.6. The molecule has 0 fully saturated rings. The first-order valence-electron chi connectivity index (χ1n) is 25.2. The number of pyridine rings is 4. The standard InChI is InChI=1S/C58H66N12O.4ClH/c1-67-34-19-42(20-35-67)55-46-11-13-48(63-46)56(43-21-36-68(2)37-22-43)50-15-17-52(65-50)58(53-18-16-51(66-53)57(49-14-12-47(55)64-49)44-23-38-69(3)39-24-44)45-25-40-70(41-26-45)33-7-4-10-54(71)62-32-9-31-61-29-6-5-28-60-30-8-27-59;;;;/h11-26,34-41,60-61H,4-10,27-33,59H2,1-3H3,(H-,62,63,64,65,66,71);4*1H/q+2;;;;/p-2. The summed E-state index contributed by atoms with van der Waals surface area (Å²) in [6.45, 7) is 6.20. The van der Waals surface area contributed by atoms with Gasteiger partial charge < -0.3 is 81.3 Å². The average Bonchev–Trinajstić information content (AvgIpc) is 4.24. The van der Waals surface area contributed by atoms with Crippen LogP contribution in [0, 0.1) is 0 Å². The summed E-state index contributed by atoms with van der Waals surface area (Å²) in [6.07, 6.45) is 31.7. The molecule has 2 aliphatic rings. The van der Waals surface area contributed by atoms with Crippen LogP contribution in [-0.4, -0.2) is 65.1 Å². The van der Waals surface area contributed by atoms with Crippen LogP contribution < -0.4 is 89.6 Å². The van der Waals surface area contributed by atoms with E-state index in [-0.39, 0.29) is 55.5 Å². The first kappa shape index (κ1) is 59.6. The van der Waals surface area contributed by atoms with Gasteiger partial charge in [-0.05, 0) is 136 Å². The van der Waals surface area contributed by atoms with Crippen molar-refractivity contribution in [1.82, 2.24) is 35.9 Å². The normalized spacial score (nSPS) is 11.3. The minimum absolute atomic E-state index is 0. The van der Waals surface area contributed by atoms with Crippen LogP contribution in [0.4, 0.5) is 0 Å². The van der Waals surface area contributed by atoms with Crippen LogP contribution in [0.15, 0.2) is 122 Å². The van der Waals surface area contributed by atoms with Crippen LogP contribution in [0.25, 0.3) is 90.9 Å². The fourth-order valence-electron chi connectivity index (χ4n) is 9.28. The zero-order valence-corrected chi connectivity index (χ0v) is 46.0. The molecule has 7 aromatic heterocycles. The number of amides is 1. The molecule has 2 aliphatic heterocycles. The van der Waals surface area contributed by atoms with E-state index in [0.29, 0.717) is 13.0 Å². The Hall–Kier alpha value is -6.29. The Morgan fingerprint density at radius 2 is 0.827 bits per heavy atom. The van der Waals surface area contributed by atoms with Gasteiger partial charge in [-0.25, -0.2) is 28.2 Å². The molecule has 0 spiro atoms. The van der Waals surface area contributed by atoms with E-state index in [9.17, 15) is 4.79 Å². The van der Waals surface area contributed by atoms with Gasteiger partial charge in [0.25, 0.3) is 0 Å². The smallest absolute Gasteiger partial charge is 0.219 e. The first-order chi connectivity index (χ1) is 34.8. The maximum absolute atomic E-state index is 12.7. The molecule has 0 aromatic carbocycles. The highest BCUT2D eigenvalue weighted by Crippen LogP contribution is 2.38. The number of aromatic amines is 2. The Balaban J connectivity index is 0.00000260. The molecular formula is C58H68Cl4N12O. The summed E-state index contributed by atoms with van der Waals surface area (Å²) in [6, 6.07) is 25.9. The van der Waals surface area contributed by atoms with Crippen molar-refractivity contribution >= 4 is 52.3 Å². The van der Waals surface area contributed by atoms with E-state index in [2.05, 4.69) is 177 Å². The summed E-state index contributed by atoms with van der Waals surface area (Å²) in [5, 5.41) is 10.0. The number of carbonyl (C=O) groups is 1. The molecule has 17 heteroatoms. The van der Waals surface area contributed by atoms with Gasteiger partial charge in [-0.3, -0.25) is 4.79 Å². The molecule has 394 valence electrons. The fraction of sp³-hybridized carbons (Fsp3) is 0.293. The van der Waals surface area contributed by atoms with Gasteiger partial charge in [-0.2, -0.15) is 0 Å². The molecule has 9 heterocycles. The number of H-pyrrole nitrogens is 2. The minimum Gasteiger partial charge on any atom is -1.00 e. The van der Waals surface area contributed by atoms with E-state index in [1.807, 2.05) is 34.8 Å². The van der Waals surface area contributed by atoms with Crippen molar-refractivity contribution in [2.24, 2.45) is 26.9 Å². The zero-order chi connectivity index (χ0) is 48.9. The van der Waals surface area contributed by atoms with Gasteiger partial charge in [-0.15, -0.1) is 0 Å². The molecule has 0 aliphatic carbocycles. The number of unbranched alkanes of at least 4 members (excludes halogenated alkanes) is 2. The summed E-state index contributed by atoms with van der Waals surface area (Å²) in [5.74, 6) is 0.123. The van der Waals surface area contributed by atoms with Crippen LogP contribution >= 0.6 is 0 Å². The van der Waals surface area contributed by atoms with Gasteiger partial charge in [0.15, 0.2) is 49.6 Å². The number of nitrogens with two attached hydrogens (primary N) is 1. The summed E-state index contributed by atoms with van der Waals surface area (Å²) in [4.78, 5) is 31.3. The topological polar surface area (TPSA) is 152 Å². The highest BCUT2D eigenvalue weighted by Gasteiger charge is 2.21. The highest BCUT2D eigenvalue weighted by molar-refractivity contribution is 6.00. The molecule has 0 radical (unpaired) electrons. The average molecular weight is 1090 g/mol. The van der Waals surface area contributed by atoms with Crippen LogP contribution in [-0.2, 0) is 32.5 Å². The Morgan fingerprint density at radius 1 is 0.453 bits per heavy atom. The molecule has 13 nitrogen and oxygen atoms in total. The van der Waals surface area contributed by atoms with Crippen molar-refractivity contribution in [3.63, 3.8) is 0 Å². The number of fused-ring (bicyclic) bond motifs is 8. The quantitative estimate of drug-likeness (QED) is 0.0314. The molecule has 1 amide bonds. The number of hydrogen-bond donors (Lipinski definition) is 6. The van der Waals surface area contributed by atoms with Gasteiger partial charge in [-0.1, -0.05) is 0 Å². The van der Waals surface area contributed by atoms with E-state index in [0.717, 1.165) is 167 Å². The fourth-order valence-corrected chi connectivity index (χ4v) is 9.28. The minimum atomic E-state index is 0. The lowest BCUT2D eigenvalue weighted by Gasteiger charge is -2.07. The zero-order valence-electron chi connectivity index (χ0n) is 42.9. The molecule has 7 N–H and O–H groups in total. The summed E-state index contributed by atoms with van der Waals surface area (Å²) in [5.41, 5.74) is 21.1. The maximum Gasteiger partial charge on any atom is 0.219 e. The van der Waals surface area contributed by atoms with Crippen molar-refractivity contribution in [3.05, 3.63) is 145 Å². The molecule has 8 bridgehead atoms. The summed E-state index contributed by atoms with van der Waals surface area (Å²) >= 11 is 0. The molecule has 0 saturated heterocycles. The van der Waals surface area contributed by atoms with Crippen molar-refractivity contribution in [2.45, 2.75) is 51.5 Å². The third kappa shape index (κ3) is 15.2. The number of aromatic nitrogens is 8. The monoisotopic (exact) mass is 1090 g/mol. The third-order valence-corrected chi connectivity index (χ3v) is 13.2. The van der Waals surface area contributed by atoms with Gasteiger partial charge in [0.2, 0.25) is 5.91 Å². The van der Waals surface area contributed by atoms with Crippen molar-refractivity contribution < 1.29 is 72.7 Å². The van der Waals surface area contributed by atoms with E-state index >= 15 is 0 Å². The largest absolute Gasteiger partial charge is 1.00 e. The Labute approximate surface area is 465 Å². The summed E-state index contributed by atoms with van der Waals surface area (Å²) < 4.78 is 8.35. The lowest BCUT2D eigenvalue weighted by atomic mass is 10.0. The van der Waals surface area contributed by atoms with Gasteiger partial charge in [0.1, 0.15) is 27.7 Å². The van der Waals surface area contributed by atoms with Gasteiger partial charge in [0, 0.05) is 112 Å². The Morgan fingerprint density at radius 3 is 1.28 bits per heavy atom. The Kier molecular flexibility index (Phi) is 23.1. The predicted octanol–water partition coefficient (Wildman–Crippen LogP) is -4.91. The van der Waals surface area contributed by atoms with E-state index in [4.69, 9.17) is 15.7 Å². The maximum atomic E-state index is 12.7. The number of carbonyl (C=O) groups excluding carboxylic acids is 1. The van der Waals surface area contributed by atoms with Crippen molar-refractivity contribution in [2.75, 3.05) is 39.3 Å². The predicted molar refractivity (Wildman–Crippen MR) is 284 cm³/mol. The first-order valence-corrected chi connectivity index (χ1v) is 25.2. The van der Waals surface area contributed by atoms with Crippen molar-refractivity contribution in [3.8, 4) is 44.5 Å². The number of rotatable bonds is 21. The number of halogens is 4. The lowest BCUT2D eigenvalue weighted by Crippen LogP contribution is -3.00. The Bertz CT molecular complexity index is 3050. The van der Waals surface area contributed by atoms with E-state index in [1.54, 1.807) is 0 Å². The number of aryl methyl sites for hydroxylation is 4. The number of nitrogens with zero attached hydrogens (tertiary/aromatic N) is 6. The summed E-state index contributed by atoms with van der Waals surface area (Å²) in [7, 11) is 6.10.